The Morgan fingerprint density at radius 3 is 2.18 bits per heavy atom. The topological polar surface area (TPSA) is 32.8 Å². The van der Waals surface area contributed by atoms with Crippen LogP contribution in [-0.4, -0.2) is 50.2 Å². The number of hydrogen-bond acceptors (Lipinski definition) is 3. The number of hydrogen-bond donors (Lipinski definition) is 0. The first-order valence-electron chi connectivity index (χ1n) is 6.65. The summed E-state index contributed by atoms with van der Waals surface area (Å²) in [7, 11) is 5.44. The van der Waals surface area contributed by atoms with E-state index in [-0.39, 0.29) is 11.8 Å². The van der Waals surface area contributed by atoms with E-state index in [1.807, 2.05) is 0 Å². The number of nitrogens with zero attached hydrogens (tertiary/aromatic N) is 2. The molecule has 0 spiro atoms. The van der Waals surface area contributed by atoms with Crippen molar-refractivity contribution >= 4 is 5.91 Å². The van der Waals surface area contributed by atoms with E-state index in [9.17, 15) is 4.79 Å². The second-order valence-corrected chi connectivity index (χ2v) is 5.01. The van der Waals surface area contributed by atoms with Gasteiger partial charge < -0.3 is 4.90 Å². The summed E-state index contributed by atoms with van der Waals surface area (Å²) in [5, 5.41) is 1.38. The highest BCUT2D eigenvalue weighted by Crippen LogP contribution is 2.20. The summed E-state index contributed by atoms with van der Waals surface area (Å²) in [4.78, 5) is 19.4. The fourth-order valence-electron chi connectivity index (χ4n) is 2.40. The second-order valence-electron chi connectivity index (χ2n) is 5.01. The third-order valence-electron chi connectivity index (χ3n) is 3.62. The van der Waals surface area contributed by atoms with Crippen LogP contribution >= 0.6 is 0 Å². The lowest BCUT2D eigenvalue weighted by Crippen LogP contribution is -2.33. The van der Waals surface area contributed by atoms with Crippen LogP contribution in [0.4, 0.5) is 0 Å². The number of carbonyl (C=O) groups excluding carboxylic acids is 1. The average molecular weight is 242 g/mol. The molecule has 0 atom stereocenters. The number of hydroxylamine groups is 2. The van der Waals surface area contributed by atoms with Crippen LogP contribution in [0.15, 0.2) is 0 Å². The lowest BCUT2D eigenvalue weighted by molar-refractivity contribution is -0.174. The van der Waals surface area contributed by atoms with Gasteiger partial charge in [-0.3, -0.25) is 9.63 Å². The summed E-state index contributed by atoms with van der Waals surface area (Å²) < 4.78 is 0. The minimum Gasteiger partial charge on any atom is -0.306 e. The van der Waals surface area contributed by atoms with Crippen LogP contribution in [0.25, 0.3) is 0 Å². The molecule has 0 aromatic heterocycles. The Hall–Kier alpha value is -0.610. The molecule has 4 nitrogen and oxygen atoms in total. The zero-order valence-electron chi connectivity index (χ0n) is 11.4. The summed E-state index contributed by atoms with van der Waals surface area (Å²) in [5.41, 5.74) is 0. The monoisotopic (exact) mass is 242 g/mol. The van der Waals surface area contributed by atoms with Gasteiger partial charge in [-0.15, -0.1) is 0 Å². The number of amides is 1. The van der Waals surface area contributed by atoms with Crippen LogP contribution in [0.1, 0.15) is 38.5 Å². The Balaban J connectivity index is 2.45. The average Bonchev–Trinajstić information content (AvgIpc) is 2.35. The number of carbonyl (C=O) groups is 1. The highest BCUT2D eigenvalue weighted by atomic mass is 16.7. The summed E-state index contributed by atoms with van der Waals surface area (Å²) in [6.45, 7) is 2.31. The van der Waals surface area contributed by atoms with Crippen molar-refractivity contribution in [1.29, 1.82) is 0 Å². The molecule has 0 saturated carbocycles. The van der Waals surface area contributed by atoms with E-state index in [4.69, 9.17) is 4.84 Å². The first-order chi connectivity index (χ1) is 8.15. The zero-order chi connectivity index (χ0) is 12.7. The molecular weight excluding hydrogens is 216 g/mol. The van der Waals surface area contributed by atoms with Gasteiger partial charge in [-0.1, -0.05) is 12.8 Å². The maximum atomic E-state index is 12.0. The van der Waals surface area contributed by atoms with E-state index < -0.39 is 0 Å². The largest absolute Gasteiger partial charge is 0.306 e. The van der Waals surface area contributed by atoms with Crippen molar-refractivity contribution in [3.8, 4) is 0 Å². The van der Waals surface area contributed by atoms with Crippen molar-refractivity contribution in [2.24, 2.45) is 5.92 Å². The van der Waals surface area contributed by atoms with Crippen molar-refractivity contribution in [2.45, 2.75) is 38.5 Å². The third-order valence-corrected chi connectivity index (χ3v) is 3.62. The maximum Gasteiger partial charge on any atom is 0.248 e. The van der Waals surface area contributed by atoms with Crippen LogP contribution in [0.2, 0.25) is 0 Å². The van der Waals surface area contributed by atoms with Gasteiger partial charge in [0.25, 0.3) is 0 Å². The molecular formula is C13H26N2O2. The van der Waals surface area contributed by atoms with Gasteiger partial charge in [0, 0.05) is 13.0 Å². The quantitative estimate of drug-likeness (QED) is 0.693. The predicted molar refractivity (Wildman–Crippen MR) is 68.5 cm³/mol. The van der Waals surface area contributed by atoms with Crippen LogP contribution in [0.5, 0.6) is 0 Å². The molecule has 0 unspecified atom stereocenters. The van der Waals surface area contributed by atoms with Crippen molar-refractivity contribution in [2.75, 3.05) is 34.3 Å². The van der Waals surface area contributed by atoms with Crippen LogP contribution < -0.4 is 0 Å². The van der Waals surface area contributed by atoms with Crippen LogP contribution in [0, 0.1) is 5.92 Å². The fourth-order valence-corrected chi connectivity index (χ4v) is 2.40. The Labute approximate surface area is 105 Å². The minimum atomic E-state index is 0.140. The normalized spacial score (nSPS) is 21.1. The van der Waals surface area contributed by atoms with E-state index in [1.165, 1.54) is 17.9 Å². The molecule has 0 bridgehead atoms. The van der Waals surface area contributed by atoms with Gasteiger partial charge in [-0.2, -0.15) is 0 Å². The highest BCUT2D eigenvalue weighted by molar-refractivity contribution is 5.77. The molecule has 1 aliphatic rings. The second kappa shape index (κ2) is 7.67. The van der Waals surface area contributed by atoms with Gasteiger partial charge in [0.15, 0.2) is 0 Å². The SMILES string of the molecule is CON(C)C(=O)C1CCCCN(C)CCCC1. The fraction of sp³-hybridized carbons (Fsp3) is 0.923. The highest BCUT2D eigenvalue weighted by Gasteiger charge is 2.22. The first kappa shape index (κ1) is 14.5. The summed E-state index contributed by atoms with van der Waals surface area (Å²) in [6.07, 6.45) is 6.66. The molecule has 17 heavy (non-hydrogen) atoms. The van der Waals surface area contributed by atoms with Crippen molar-refractivity contribution in [1.82, 2.24) is 9.96 Å². The molecule has 0 aromatic carbocycles. The molecule has 4 heteroatoms. The van der Waals surface area contributed by atoms with E-state index >= 15 is 0 Å². The van der Waals surface area contributed by atoms with Gasteiger partial charge in [0.1, 0.15) is 0 Å². The third kappa shape index (κ3) is 5.04. The van der Waals surface area contributed by atoms with E-state index in [1.54, 1.807) is 14.2 Å². The smallest absolute Gasteiger partial charge is 0.248 e. The zero-order valence-corrected chi connectivity index (χ0v) is 11.4. The molecule has 1 fully saturated rings. The molecule has 1 rings (SSSR count). The van der Waals surface area contributed by atoms with Gasteiger partial charge >= 0.3 is 0 Å². The molecule has 1 aliphatic heterocycles. The molecule has 0 N–H and O–H groups in total. The molecule has 0 radical (unpaired) electrons. The standard InChI is InChI=1S/C13H26N2O2/c1-14-10-6-4-8-12(9-5-7-11-14)13(16)15(2)17-3/h12H,4-11H2,1-3H3. The van der Waals surface area contributed by atoms with E-state index in [0.717, 1.165) is 38.8 Å². The van der Waals surface area contributed by atoms with Crippen molar-refractivity contribution in [3.05, 3.63) is 0 Å². The molecule has 1 amide bonds. The summed E-state index contributed by atoms with van der Waals surface area (Å²) in [5.74, 6) is 0.296. The van der Waals surface area contributed by atoms with Gasteiger partial charge in [-0.05, 0) is 45.8 Å². The minimum absolute atomic E-state index is 0.140. The molecule has 1 heterocycles. The van der Waals surface area contributed by atoms with Gasteiger partial charge in [-0.25, -0.2) is 5.06 Å². The number of rotatable bonds is 2. The van der Waals surface area contributed by atoms with Crippen LogP contribution in [0.3, 0.4) is 0 Å². The Morgan fingerprint density at radius 2 is 1.71 bits per heavy atom. The van der Waals surface area contributed by atoms with Crippen molar-refractivity contribution < 1.29 is 9.63 Å². The van der Waals surface area contributed by atoms with E-state index in [0.29, 0.717) is 0 Å². The predicted octanol–water partition coefficient (Wildman–Crippen LogP) is 1.91. The van der Waals surface area contributed by atoms with Crippen LogP contribution in [-0.2, 0) is 9.63 Å². The lowest BCUT2D eigenvalue weighted by Gasteiger charge is -2.24. The molecule has 100 valence electrons. The Kier molecular flexibility index (Phi) is 6.52. The van der Waals surface area contributed by atoms with Gasteiger partial charge in [0.2, 0.25) is 5.91 Å². The summed E-state index contributed by atoms with van der Waals surface area (Å²) in [6, 6.07) is 0. The molecule has 0 aromatic rings. The molecule has 0 aliphatic carbocycles. The first-order valence-corrected chi connectivity index (χ1v) is 6.65. The van der Waals surface area contributed by atoms with E-state index in [2.05, 4.69) is 11.9 Å². The lowest BCUT2D eigenvalue weighted by atomic mass is 9.94. The summed E-state index contributed by atoms with van der Waals surface area (Å²) >= 11 is 0. The molecule has 1 saturated heterocycles. The maximum absolute atomic E-state index is 12.0. The Bertz CT molecular complexity index is 221. The van der Waals surface area contributed by atoms with Crippen molar-refractivity contribution in [3.63, 3.8) is 0 Å². The van der Waals surface area contributed by atoms with Gasteiger partial charge in [0.05, 0.1) is 7.11 Å². The Morgan fingerprint density at radius 1 is 1.18 bits per heavy atom.